The summed E-state index contributed by atoms with van der Waals surface area (Å²) in [7, 11) is 0. The number of benzene rings is 1. The summed E-state index contributed by atoms with van der Waals surface area (Å²) in [6.07, 6.45) is 0.679. The zero-order valence-corrected chi connectivity index (χ0v) is 19.5. The lowest BCUT2D eigenvalue weighted by Crippen LogP contribution is -2.48. The highest BCUT2D eigenvalue weighted by Crippen LogP contribution is 2.12. The molecule has 1 unspecified atom stereocenters. The van der Waals surface area contributed by atoms with E-state index in [4.69, 9.17) is 15.3 Å². The minimum Gasteiger partial charge on any atom is -0.480 e. The van der Waals surface area contributed by atoms with E-state index in [1.54, 1.807) is 31.2 Å². The predicted molar refractivity (Wildman–Crippen MR) is 124 cm³/mol. The van der Waals surface area contributed by atoms with Gasteiger partial charge in [-0.05, 0) is 24.1 Å². The van der Waals surface area contributed by atoms with Crippen molar-refractivity contribution < 1.29 is 44.4 Å². The Bertz CT molecular complexity index is 860. The molecule has 0 saturated carbocycles. The van der Waals surface area contributed by atoms with Gasteiger partial charge in [0.05, 0.1) is 26.2 Å². The third-order valence-corrected chi connectivity index (χ3v) is 4.87. The van der Waals surface area contributed by atoms with Gasteiger partial charge in [-0.2, -0.15) is 0 Å². The molecule has 13 nitrogen and oxygen atoms in total. The second-order valence-corrected chi connectivity index (χ2v) is 7.90. The molecule has 0 aliphatic carbocycles. The van der Waals surface area contributed by atoms with Crippen molar-refractivity contribution in [2.24, 2.45) is 0 Å². The number of carboxylic acid groups (broad SMARTS) is 4. The summed E-state index contributed by atoms with van der Waals surface area (Å²) < 4.78 is 0. The second-order valence-electron chi connectivity index (χ2n) is 7.90. The summed E-state index contributed by atoms with van der Waals surface area (Å²) in [6.45, 7) is 0.0877. The first-order chi connectivity index (χ1) is 16.5. The summed E-state index contributed by atoms with van der Waals surface area (Å²) in [5.74, 6) is -4.79. The van der Waals surface area contributed by atoms with Gasteiger partial charge in [-0.15, -0.1) is 0 Å². The number of rotatable bonds is 18. The quantitative estimate of drug-likeness (QED) is 0.152. The Morgan fingerprint density at radius 2 is 1.31 bits per heavy atom. The fraction of sp³-hybridized carbons (Fsp3) is 0.500. The van der Waals surface area contributed by atoms with Crippen LogP contribution in [0.25, 0.3) is 0 Å². The molecular weight excluding hydrogens is 464 g/mol. The lowest BCUT2D eigenvalue weighted by Gasteiger charge is -2.29. The zero-order chi connectivity index (χ0) is 26.4. The Morgan fingerprint density at radius 1 is 0.800 bits per heavy atom. The van der Waals surface area contributed by atoms with E-state index in [9.17, 15) is 29.1 Å². The van der Waals surface area contributed by atoms with Crippen molar-refractivity contribution in [3.8, 4) is 0 Å². The van der Waals surface area contributed by atoms with Crippen LogP contribution in [-0.4, -0.2) is 112 Å². The van der Waals surface area contributed by atoms with E-state index in [1.807, 2.05) is 0 Å². The molecule has 1 aromatic rings. The molecule has 194 valence electrons. The maximum Gasteiger partial charge on any atom is 0.317 e. The number of carboxylic acids is 4. The SMILES string of the molecule is CCC(=O)Nc1ccc(CC(CN(CCN(CC(=O)O)CC(=O)O)CC(=O)O)NCC(=O)O)cc1. The minimum absolute atomic E-state index is 0.0106. The van der Waals surface area contributed by atoms with Crippen molar-refractivity contribution in [1.82, 2.24) is 15.1 Å². The smallest absolute Gasteiger partial charge is 0.317 e. The van der Waals surface area contributed by atoms with Crippen molar-refractivity contribution in [3.05, 3.63) is 29.8 Å². The standard InChI is InChI=1S/C22H32N4O9/c1-2-18(27)24-16-5-3-15(4-6-16)9-17(23-10-19(28)29)11-25(12-20(30)31)7-8-26(13-21(32)33)14-22(34)35/h3-6,17,23H,2,7-14H2,1H3,(H,24,27)(H,28,29)(H,30,31)(H,32,33)(H,34,35). The molecule has 0 aliphatic heterocycles. The van der Waals surface area contributed by atoms with Crippen LogP contribution in [0.1, 0.15) is 18.9 Å². The molecule has 0 radical (unpaired) electrons. The maximum atomic E-state index is 11.5. The van der Waals surface area contributed by atoms with E-state index in [0.29, 0.717) is 18.5 Å². The summed E-state index contributed by atoms with van der Waals surface area (Å²) in [5.41, 5.74) is 1.43. The Morgan fingerprint density at radius 3 is 1.80 bits per heavy atom. The normalized spacial score (nSPS) is 11.9. The Hall–Kier alpha value is -3.55. The molecule has 0 aromatic heterocycles. The van der Waals surface area contributed by atoms with Crippen LogP contribution >= 0.6 is 0 Å². The lowest BCUT2D eigenvalue weighted by molar-refractivity contribution is -0.143. The molecule has 13 heteroatoms. The van der Waals surface area contributed by atoms with E-state index >= 15 is 0 Å². The minimum atomic E-state index is -1.21. The van der Waals surface area contributed by atoms with Gasteiger partial charge in [-0.25, -0.2) is 0 Å². The van der Waals surface area contributed by atoms with Gasteiger partial charge in [0.15, 0.2) is 0 Å². The Labute approximate surface area is 202 Å². The van der Waals surface area contributed by atoms with Crippen molar-refractivity contribution in [3.63, 3.8) is 0 Å². The first-order valence-corrected chi connectivity index (χ1v) is 10.9. The van der Waals surface area contributed by atoms with Gasteiger partial charge >= 0.3 is 23.9 Å². The van der Waals surface area contributed by atoms with Crippen molar-refractivity contribution in [2.75, 3.05) is 51.1 Å². The molecule has 6 N–H and O–H groups in total. The van der Waals surface area contributed by atoms with E-state index in [2.05, 4.69) is 10.6 Å². The molecule has 1 rings (SSSR count). The van der Waals surface area contributed by atoms with Gasteiger partial charge < -0.3 is 31.1 Å². The topological polar surface area (TPSA) is 197 Å². The summed E-state index contributed by atoms with van der Waals surface area (Å²) in [4.78, 5) is 58.7. The molecule has 0 heterocycles. The van der Waals surface area contributed by atoms with Gasteiger partial charge in [0.2, 0.25) is 5.91 Å². The summed E-state index contributed by atoms with van der Waals surface area (Å²) in [6, 6.07) is 6.48. The Kier molecular flexibility index (Phi) is 12.9. The lowest BCUT2D eigenvalue weighted by atomic mass is 10.0. The molecular formula is C22H32N4O9. The van der Waals surface area contributed by atoms with Gasteiger partial charge in [-0.1, -0.05) is 19.1 Å². The number of amides is 1. The molecule has 0 bridgehead atoms. The summed E-state index contributed by atoms with van der Waals surface area (Å²) in [5, 5.41) is 41.9. The van der Waals surface area contributed by atoms with Gasteiger partial charge in [0, 0.05) is 37.8 Å². The predicted octanol–water partition coefficient (Wildman–Crippen LogP) is -0.522. The molecule has 0 saturated heterocycles. The van der Waals surface area contributed by atoms with Gasteiger partial charge in [-0.3, -0.25) is 33.8 Å². The maximum absolute atomic E-state index is 11.5. The molecule has 1 amide bonds. The molecule has 1 aromatic carbocycles. The number of aliphatic carboxylic acids is 4. The fourth-order valence-electron chi connectivity index (χ4n) is 3.31. The third-order valence-electron chi connectivity index (χ3n) is 4.87. The van der Waals surface area contributed by atoms with Crippen molar-refractivity contribution in [2.45, 2.75) is 25.8 Å². The number of carbonyl (C=O) groups excluding carboxylic acids is 1. The number of nitrogens with one attached hydrogen (secondary N) is 2. The van der Waals surface area contributed by atoms with Crippen LogP contribution in [0, 0.1) is 0 Å². The first kappa shape index (κ1) is 29.5. The van der Waals surface area contributed by atoms with Crippen LogP contribution in [-0.2, 0) is 30.4 Å². The van der Waals surface area contributed by atoms with Crippen LogP contribution in [0.2, 0.25) is 0 Å². The first-order valence-electron chi connectivity index (χ1n) is 10.9. The number of hydrogen-bond acceptors (Lipinski definition) is 8. The van der Waals surface area contributed by atoms with E-state index in [-0.39, 0.29) is 32.1 Å². The second kappa shape index (κ2) is 15.4. The van der Waals surface area contributed by atoms with Crippen LogP contribution < -0.4 is 10.6 Å². The van der Waals surface area contributed by atoms with Gasteiger partial charge in [0.25, 0.3) is 0 Å². The van der Waals surface area contributed by atoms with Crippen molar-refractivity contribution in [1.29, 1.82) is 0 Å². The van der Waals surface area contributed by atoms with Gasteiger partial charge in [0.1, 0.15) is 0 Å². The Balaban J connectivity index is 2.93. The molecule has 0 aliphatic rings. The van der Waals surface area contributed by atoms with E-state index in [1.165, 1.54) is 9.80 Å². The highest BCUT2D eigenvalue weighted by atomic mass is 16.4. The van der Waals surface area contributed by atoms with E-state index in [0.717, 1.165) is 5.56 Å². The molecule has 1 atom stereocenters. The monoisotopic (exact) mass is 496 g/mol. The number of carbonyl (C=O) groups is 5. The molecule has 35 heavy (non-hydrogen) atoms. The average Bonchev–Trinajstić information content (AvgIpc) is 2.75. The fourth-order valence-corrected chi connectivity index (χ4v) is 3.31. The third kappa shape index (κ3) is 13.7. The zero-order valence-electron chi connectivity index (χ0n) is 19.5. The summed E-state index contributed by atoms with van der Waals surface area (Å²) >= 11 is 0. The highest BCUT2D eigenvalue weighted by molar-refractivity contribution is 5.90. The van der Waals surface area contributed by atoms with E-state index < -0.39 is 49.6 Å². The van der Waals surface area contributed by atoms with Crippen LogP contribution in [0.3, 0.4) is 0 Å². The highest BCUT2D eigenvalue weighted by Gasteiger charge is 2.20. The van der Waals surface area contributed by atoms with Crippen molar-refractivity contribution >= 4 is 35.5 Å². The molecule has 0 spiro atoms. The van der Waals surface area contributed by atoms with Crippen LogP contribution in [0.4, 0.5) is 5.69 Å². The number of nitrogens with zero attached hydrogens (tertiary/aromatic N) is 2. The van der Waals surface area contributed by atoms with Crippen LogP contribution in [0.15, 0.2) is 24.3 Å². The number of anilines is 1. The molecule has 0 fully saturated rings. The van der Waals surface area contributed by atoms with Crippen LogP contribution in [0.5, 0.6) is 0 Å². The largest absolute Gasteiger partial charge is 0.480 e. The average molecular weight is 497 g/mol. The number of hydrogen-bond donors (Lipinski definition) is 6.